The Balaban J connectivity index is 0. The summed E-state index contributed by atoms with van der Waals surface area (Å²) in [6, 6.07) is 0. The smallest absolute Gasteiger partial charge is 0 e. The SMILES string of the molecule is [O]=[Cr](=[O])([OH])[OH].[Zn]. The van der Waals surface area contributed by atoms with E-state index in [1.165, 1.54) is 0 Å². The van der Waals surface area contributed by atoms with Gasteiger partial charge in [-0.25, -0.2) is 0 Å². The first-order chi connectivity index (χ1) is 2.00. The molecule has 0 saturated heterocycles. The Morgan fingerprint density at radius 2 is 1.17 bits per heavy atom. The van der Waals surface area contributed by atoms with Crippen LogP contribution in [0.3, 0.4) is 0 Å². The van der Waals surface area contributed by atoms with Gasteiger partial charge in [-0.2, -0.15) is 0 Å². The van der Waals surface area contributed by atoms with Crippen LogP contribution in [0.4, 0.5) is 0 Å². The predicted octanol–water partition coefficient (Wildman–Crippen LogP) is -1.36. The monoisotopic (exact) mass is 182 g/mol. The van der Waals surface area contributed by atoms with E-state index in [9.17, 15) is 0 Å². The predicted molar refractivity (Wildman–Crippen MR) is 5.81 cm³/mol. The molecular weight excluding hydrogens is 181 g/mol. The summed E-state index contributed by atoms with van der Waals surface area (Å²) in [5.41, 5.74) is 0. The van der Waals surface area contributed by atoms with Crippen molar-refractivity contribution in [2.75, 3.05) is 0 Å². The molecule has 0 aromatic rings. The second kappa shape index (κ2) is 2.78. The minimum atomic E-state index is -5.25. The molecule has 34 valence electrons. The Kier molecular flexibility index (Phi) is 4.56. The van der Waals surface area contributed by atoms with Gasteiger partial charge in [0.2, 0.25) is 0 Å². The molecule has 4 nitrogen and oxygen atoms in total. The molecule has 0 spiro atoms. The summed E-state index contributed by atoms with van der Waals surface area (Å²) in [7, 11) is 0. The van der Waals surface area contributed by atoms with Crippen molar-refractivity contribution >= 4 is 0 Å². The zero-order valence-corrected chi connectivity index (χ0v) is 7.07. The maximum atomic E-state index is 8.82. The summed E-state index contributed by atoms with van der Waals surface area (Å²) in [5.74, 6) is 0. The zero-order chi connectivity index (χ0) is 4.50. The van der Waals surface area contributed by atoms with Crippen LogP contribution in [0.15, 0.2) is 0 Å². The molecule has 0 saturated carbocycles. The molecule has 0 unspecified atom stereocenters. The fourth-order valence-electron chi connectivity index (χ4n) is 0. The third-order valence-electron chi connectivity index (χ3n) is 0. The number of hydrogen-bond donors (Lipinski definition) is 2. The van der Waals surface area contributed by atoms with E-state index >= 15 is 0 Å². The molecule has 0 aromatic carbocycles. The van der Waals surface area contributed by atoms with Gasteiger partial charge in [-0.1, -0.05) is 0 Å². The van der Waals surface area contributed by atoms with Crippen molar-refractivity contribution in [2.45, 2.75) is 0 Å². The van der Waals surface area contributed by atoms with Crippen molar-refractivity contribution < 1.29 is 49.0 Å². The second-order valence-corrected chi connectivity index (χ2v) is 1.85. The van der Waals surface area contributed by atoms with Gasteiger partial charge in [0.05, 0.1) is 0 Å². The first-order valence-corrected chi connectivity index (χ1v) is 2.88. The largest absolute Gasteiger partial charge is 0 e. The van der Waals surface area contributed by atoms with E-state index in [2.05, 4.69) is 0 Å². The third-order valence-corrected chi connectivity index (χ3v) is 0. The van der Waals surface area contributed by atoms with Gasteiger partial charge in [-0.3, -0.25) is 0 Å². The Morgan fingerprint density at radius 1 is 1.17 bits per heavy atom. The molecule has 6 heavy (non-hydrogen) atoms. The standard InChI is InChI=1S/Cr.2H2O.2O.Zn/h;2*1H2;;;/q+2;;;;;/p-2. The van der Waals surface area contributed by atoms with Gasteiger partial charge in [0, 0.05) is 19.5 Å². The number of hydrogen-bond acceptors (Lipinski definition) is 2. The molecule has 0 aliphatic heterocycles. The van der Waals surface area contributed by atoms with Crippen LogP contribution in [0, 0.1) is 0 Å². The minimum absolute atomic E-state index is 0. The molecule has 0 amide bonds. The molecule has 2 N–H and O–H groups in total. The van der Waals surface area contributed by atoms with Crippen LogP contribution < -0.4 is 0 Å². The van der Waals surface area contributed by atoms with Crippen molar-refractivity contribution in [3.63, 3.8) is 0 Å². The quantitative estimate of drug-likeness (QED) is 0.455. The normalized spacial score (nSPS) is 9.67. The summed E-state index contributed by atoms with van der Waals surface area (Å²) in [5, 5.41) is 0. The van der Waals surface area contributed by atoms with Gasteiger partial charge in [0.25, 0.3) is 0 Å². The average Bonchev–Trinajstić information content (AvgIpc) is 0.722. The van der Waals surface area contributed by atoms with E-state index in [1.54, 1.807) is 0 Å². The van der Waals surface area contributed by atoms with E-state index < -0.39 is 13.6 Å². The minimum Gasteiger partial charge on any atom is 0 e. The van der Waals surface area contributed by atoms with Gasteiger partial charge >= 0.3 is 29.5 Å². The van der Waals surface area contributed by atoms with E-state index in [1.807, 2.05) is 0 Å². The van der Waals surface area contributed by atoms with Crippen LogP contribution in [-0.4, -0.2) is 8.32 Å². The average molecular weight is 183 g/mol. The van der Waals surface area contributed by atoms with Crippen molar-refractivity contribution in [1.82, 2.24) is 0 Å². The van der Waals surface area contributed by atoms with Crippen LogP contribution in [0.1, 0.15) is 0 Å². The molecule has 0 rings (SSSR count). The molecule has 0 aromatic heterocycles. The topological polar surface area (TPSA) is 74.6 Å². The summed E-state index contributed by atoms with van der Waals surface area (Å²) in [4.78, 5) is 0. The molecule has 0 radical (unpaired) electrons. The van der Waals surface area contributed by atoms with Crippen LogP contribution in [0.2, 0.25) is 0 Å². The summed E-state index contributed by atoms with van der Waals surface area (Å²) in [6.07, 6.45) is 0. The van der Waals surface area contributed by atoms with E-state index in [0.29, 0.717) is 0 Å². The van der Waals surface area contributed by atoms with Gasteiger partial charge in [-0.05, 0) is 0 Å². The fourth-order valence-corrected chi connectivity index (χ4v) is 0. The van der Waals surface area contributed by atoms with Gasteiger partial charge in [0.15, 0.2) is 0 Å². The van der Waals surface area contributed by atoms with E-state index in [-0.39, 0.29) is 19.5 Å². The zero-order valence-electron chi connectivity index (χ0n) is 2.83. The van der Waals surface area contributed by atoms with Crippen LogP contribution in [0.5, 0.6) is 0 Å². The molecule has 0 bridgehead atoms. The van der Waals surface area contributed by atoms with Gasteiger partial charge < -0.3 is 0 Å². The van der Waals surface area contributed by atoms with Gasteiger partial charge in [0.1, 0.15) is 0 Å². The Bertz CT molecular complexity index is 90.7. The Labute approximate surface area is 49.3 Å². The first kappa shape index (κ1) is 9.84. The molecule has 6 heteroatoms. The third kappa shape index (κ3) is 138. The molecule has 0 atom stereocenters. The summed E-state index contributed by atoms with van der Waals surface area (Å²) in [6.45, 7) is 0. The maximum Gasteiger partial charge on any atom is 0 e. The van der Waals surface area contributed by atoms with Crippen molar-refractivity contribution in [3.8, 4) is 0 Å². The molecular formula is H2CrO4Zn. The molecule has 0 heterocycles. The molecule has 0 aliphatic carbocycles. The van der Waals surface area contributed by atoms with E-state index in [4.69, 9.17) is 15.9 Å². The molecule has 0 aliphatic rings. The maximum absolute atomic E-state index is 8.82. The fraction of sp³-hybridized carbons (Fsp3) is 0. The summed E-state index contributed by atoms with van der Waals surface area (Å²) < 4.78 is 31.9. The second-order valence-electron chi connectivity index (χ2n) is 0.448. The van der Waals surface area contributed by atoms with Crippen molar-refractivity contribution in [2.24, 2.45) is 0 Å². The van der Waals surface area contributed by atoms with Gasteiger partial charge in [-0.15, -0.1) is 0 Å². The Hall–Kier alpha value is 0.676. The number of rotatable bonds is 0. The molecule has 0 fully saturated rings. The van der Waals surface area contributed by atoms with Crippen LogP contribution in [0.25, 0.3) is 0 Å². The van der Waals surface area contributed by atoms with Crippen LogP contribution in [-0.2, 0) is 40.7 Å². The van der Waals surface area contributed by atoms with Crippen molar-refractivity contribution in [3.05, 3.63) is 0 Å². The summed E-state index contributed by atoms with van der Waals surface area (Å²) >= 11 is -5.25. The first-order valence-electron chi connectivity index (χ1n) is 0.698. The van der Waals surface area contributed by atoms with E-state index in [0.717, 1.165) is 0 Å². The van der Waals surface area contributed by atoms with Crippen LogP contribution >= 0.6 is 0 Å². The Morgan fingerprint density at radius 3 is 1.17 bits per heavy atom. The van der Waals surface area contributed by atoms with Crippen molar-refractivity contribution in [1.29, 1.82) is 0 Å².